The van der Waals surface area contributed by atoms with Crippen LogP contribution in [-0.4, -0.2) is 40.6 Å². The molecule has 0 aliphatic carbocycles. The summed E-state index contributed by atoms with van der Waals surface area (Å²) in [6, 6.07) is 16.2. The Labute approximate surface area is 245 Å². The largest absolute Gasteiger partial charge is 0.493 e. The van der Waals surface area contributed by atoms with E-state index < -0.39 is 0 Å². The number of hydrogen-bond donors (Lipinski definition) is 0. The van der Waals surface area contributed by atoms with E-state index in [0.717, 1.165) is 41.5 Å². The highest BCUT2D eigenvalue weighted by atomic mass is 16.5. The number of hydrogen-bond acceptors (Lipinski definition) is 6. The maximum absolute atomic E-state index is 6.19. The van der Waals surface area contributed by atoms with Gasteiger partial charge in [-0.05, 0) is 72.7 Å². The molecule has 3 aromatic rings. The fourth-order valence-corrected chi connectivity index (χ4v) is 4.23. The first kappa shape index (κ1) is 31.5. The van der Waals surface area contributed by atoms with Crippen LogP contribution < -0.4 is 28.4 Å². The number of ether oxygens (including phenoxy) is 6. The van der Waals surface area contributed by atoms with Crippen molar-refractivity contribution in [3.63, 3.8) is 0 Å². The van der Waals surface area contributed by atoms with E-state index in [2.05, 4.69) is 57.2 Å². The molecule has 3 aromatic carbocycles. The monoisotopic (exact) mass is 560 g/mol. The third-order valence-electron chi connectivity index (χ3n) is 6.93. The lowest BCUT2D eigenvalue weighted by atomic mass is 10.1. The van der Waals surface area contributed by atoms with Crippen LogP contribution in [0.3, 0.4) is 0 Å². The van der Waals surface area contributed by atoms with Gasteiger partial charge in [-0.25, -0.2) is 0 Å². The van der Waals surface area contributed by atoms with Crippen LogP contribution in [0.1, 0.15) is 69.2 Å². The molecule has 1 unspecified atom stereocenters. The Bertz CT molecular complexity index is 1250. The molecule has 0 fully saturated rings. The van der Waals surface area contributed by atoms with Crippen LogP contribution in [0.15, 0.2) is 48.5 Å². The van der Waals surface area contributed by atoms with Crippen molar-refractivity contribution in [1.29, 1.82) is 0 Å². The van der Waals surface area contributed by atoms with Gasteiger partial charge < -0.3 is 28.4 Å². The third kappa shape index (κ3) is 8.46. The molecule has 0 heterocycles. The van der Waals surface area contributed by atoms with Gasteiger partial charge in [0.1, 0.15) is 0 Å². The molecule has 0 saturated heterocycles. The van der Waals surface area contributed by atoms with Crippen molar-refractivity contribution in [2.45, 2.75) is 59.2 Å². The van der Waals surface area contributed by atoms with Crippen molar-refractivity contribution in [3.8, 4) is 34.5 Å². The summed E-state index contributed by atoms with van der Waals surface area (Å²) in [5.41, 5.74) is 4.07. The standard InChI is InChI=1S/C35H44O6/c1-9-24(4)40-34-30(36-5)20-27(21-31(34)37-6)18-16-25-12-14-26(15-13-25)17-19-28-22-32(38-7)35(33(23-28)39-8)41-29(10-2)11-3/h12-24,29H,9-11H2,1-8H3. The molecule has 6 nitrogen and oxygen atoms in total. The van der Waals surface area contributed by atoms with Gasteiger partial charge in [-0.3, -0.25) is 0 Å². The maximum atomic E-state index is 6.19. The highest BCUT2D eigenvalue weighted by molar-refractivity contribution is 5.75. The Hall–Kier alpha value is -4.06. The molecule has 0 bridgehead atoms. The first-order valence-electron chi connectivity index (χ1n) is 14.2. The topological polar surface area (TPSA) is 55.4 Å². The van der Waals surface area contributed by atoms with Crippen molar-refractivity contribution >= 4 is 24.3 Å². The zero-order chi connectivity index (χ0) is 29.8. The quantitative estimate of drug-likeness (QED) is 0.173. The third-order valence-corrected chi connectivity index (χ3v) is 6.93. The van der Waals surface area contributed by atoms with Gasteiger partial charge in [-0.2, -0.15) is 0 Å². The molecular formula is C35H44O6. The van der Waals surface area contributed by atoms with Crippen molar-refractivity contribution < 1.29 is 28.4 Å². The minimum absolute atomic E-state index is 0.0588. The van der Waals surface area contributed by atoms with Gasteiger partial charge in [0.25, 0.3) is 0 Å². The molecule has 6 heteroatoms. The molecule has 1 atom stereocenters. The molecule has 0 aromatic heterocycles. The van der Waals surface area contributed by atoms with Crippen LogP contribution in [0.5, 0.6) is 34.5 Å². The van der Waals surface area contributed by atoms with E-state index in [9.17, 15) is 0 Å². The van der Waals surface area contributed by atoms with E-state index in [1.807, 2.05) is 43.3 Å². The zero-order valence-electron chi connectivity index (χ0n) is 25.7. The van der Waals surface area contributed by atoms with Gasteiger partial charge in [0.2, 0.25) is 11.5 Å². The van der Waals surface area contributed by atoms with Crippen LogP contribution in [0.25, 0.3) is 24.3 Å². The Morgan fingerprint density at radius 2 is 0.854 bits per heavy atom. The fraction of sp³-hybridized carbons (Fsp3) is 0.371. The second-order valence-electron chi connectivity index (χ2n) is 9.74. The first-order valence-corrected chi connectivity index (χ1v) is 14.2. The number of benzene rings is 3. The summed E-state index contributed by atoms with van der Waals surface area (Å²) in [5, 5.41) is 0. The molecule has 0 spiro atoms. The minimum atomic E-state index is 0.0588. The lowest BCUT2D eigenvalue weighted by Crippen LogP contribution is -2.15. The lowest BCUT2D eigenvalue weighted by molar-refractivity contribution is 0.177. The van der Waals surface area contributed by atoms with Crippen LogP contribution in [0, 0.1) is 0 Å². The van der Waals surface area contributed by atoms with E-state index in [4.69, 9.17) is 28.4 Å². The van der Waals surface area contributed by atoms with Gasteiger partial charge >= 0.3 is 0 Å². The van der Waals surface area contributed by atoms with E-state index in [1.54, 1.807) is 28.4 Å². The van der Waals surface area contributed by atoms with E-state index in [1.165, 1.54) is 0 Å². The van der Waals surface area contributed by atoms with Crippen molar-refractivity contribution in [2.75, 3.05) is 28.4 Å². The number of rotatable bonds is 15. The highest BCUT2D eigenvalue weighted by Gasteiger charge is 2.18. The summed E-state index contributed by atoms with van der Waals surface area (Å²) in [6.07, 6.45) is 11.1. The Morgan fingerprint density at radius 1 is 0.512 bits per heavy atom. The molecule has 220 valence electrons. The first-order chi connectivity index (χ1) is 19.9. The predicted molar refractivity (Wildman–Crippen MR) is 169 cm³/mol. The van der Waals surface area contributed by atoms with Crippen molar-refractivity contribution in [2.24, 2.45) is 0 Å². The molecular weight excluding hydrogens is 516 g/mol. The molecule has 0 radical (unpaired) electrons. The molecule has 0 amide bonds. The lowest BCUT2D eigenvalue weighted by Gasteiger charge is -2.20. The van der Waals surface area contributed by atoms with Gasteiger partial charge in [0.05, 0.1) is 40.6 Å². The minimum Gasteiger partial charge on any atom is -0.493 e. The van der Waals surface area contributed by atoms with Crippen LogP contribution >= 0.6 is 0 Å². The van der Waals surface area contributed by atoms with Crippen LogP contribution in [0.2, 0.25) is 0 Å². The smallest absolute Gasteiger partial charge is 0.203 e. The summed E-state index contributed by atoms with van der Waals surface area (Å²) in [4.78, 5) is 0. The SMILES string of the molecule is CCC(C)Oc1c(OC)cc(C=Cc2ccc(C=Cc3cc(OC)c(OC(CC)CC)c(OC)c3)cc2)cc1OC. The molecule has 3 rings (SSSR count). The van der Waals surface area contributed by atoms with Gasteiger partial charge in [0, 0.05) is 0 Å². The fourth-order valence-electron chi connectivity index (χ4n) is 4.23. The maximum Gasteiger partial charge on any atom is 0.203 e. The van der Waals surface area contributed by atoms with E-state index in [0.29, 0.717) is 34.5 Å². The van der Waals surface area contributed by atoms with E-state index >= 15 is 0 Å². The average molecular weight is 561 g/mol. The summed E-state index contributed by atoms with van der Waals surface area (Å²) in [6.45, 7) is 8.33. The Balaban J connectivity index is 1.77. The molecule has 0 aliphatic heterocycles. The van der Waals surface area contributed by atoms with Crippen LogP contribution in [0.4, 0.5) is 0 Å². The van der Waals surface area contributed by atoms with Crippen molar-refractivity contribution in [3.05, 3.63) is 70.8 Å². The summed E-state index contributed by atoms with van der Waals surface area (Å²) < 4.78 is 34.7. The normalized spacial score (nSPS) is 12.1. The second kappa shape index (κ2) is 15.7. The molecule has 0 N–H and O–H groups in total. The predicted octanol–water partition coefficient (Wildman–Crippen LogP) is 8.81. The van der Waals surface area contributed by atoms with Crippen LogP contribution in [-0.2, 0) is 0 Å². The summed E-state index contributed by atoms with van der Waals surface area (Å²) in [5.74, 6) is 3.88. The Kier molecular flexibility index (Phi) is 12.0. The van der Waals surface area contributed by atoms with Gasteiger partial charge in [0.15, 0.2) is 23.0 Å². The summed E-state index contributed by atoms with van der Waals surface area (Å²) >= 11 is 0. The number of methoxy groups -OCH3 is 4. The second-order valence-corrected chi connectivity index (χ2v) is 9.74. The molecule has 0 saturated carbocycles. The van der Waals surface area contributed by atoms with Crippen molar-refractivity contribution in [1.82, 2.24) is 0 Å². The summed E-state index contributed by atoms with van der Waals surface area (Å²) in [7, 11) is 6.58. The van der Waals surface area contributed by atoms with E-state index in [-0.39, 0.29) is 12.2 Å². The Morgan fingerprint density at radius 3 is 1.17 bits per heavy atom. The molecule has 0 aliphatic rings. The highest BCUT2D eigenvalue weighted by Crippen LogP contribution is 2.41. The average Bonchev–Trinajstić information content (AvgIpc) is 3.01. The zero-order valence-corrected chi connectivity index (χ0v) is 25.7. The van der Waals surface area contributed by atoms with Gasteiger partial charge in [-0.1, -0.05) is 69.3 Å². The van der Waals surface area contributed by atoms with Gasteiger partial charge in [-0.15, -0.1) is 0 Å². The molecule has 41 heavy (non-hydrogen) atoms.